The van der Waals surface area contributed by atoms with Gasteiger partial charge in [0.25, 0.3) is 5.91 Å². The van der Waals surface area contributed by atoms with Crippen LogP contribution in [0, 0.1) is 5.92 Å². The Morgan fingerprint density at radius 3 is 2.32 bits per heavy atom. The average molecular weight is 473 g/mol. The molecule has 0 aromatic heterocycles. The van der Waals surface area contributed by atoms with Gasteiger partial charge in [0.1, 0.15) is 17.7 Å². The van der Waals surface area contributed by atoms with Crippen LogP contribution in [0.15, 0.2) is 24.3 Å². The molecule has 0 spiro atoms. The van der Waals surface area contributed by atoms with Crippen molar-refractivity contribution in [1.82, 2.24) is 21.3 Å². The molecule has 1 aliphatic carbocycles. The van der Waals surface area contributed by atoms with E-state index in [-0.39, 0.29) is 18.4 Å². The van der Waals surface area contributed by atoms with Gasteiger partial charge in [0, 0.05) is 12.5 Å². The molecule has 1 aromatic carbocycles. The molecular formula is C25H36N4O5. The zero-order valence-electron chi connectivity index (χ0n) is 20.4. The van der Waals surface area contributed by atoms with Gasteiger partial charge in [-0.25, -0.2) is 0 Å². The Labute approximate surface area is 200 Å². The van der Waals surface area contributed by atoms with Gasteiger partial charge in [-0.05, 0) is 36.5 Å². The summed E-state index contributed by atoms with van der Waals surface area (Å²) in [6.45, 7) is 5.28. The molecule has 1 aromatic rings. The SMILES string of the molecule is CCC(=O)N[C@@]1(C(C(=O)NC2CCCCC2)c2ccc(OC)cc2)NC(=O)[C@H](C(C)C)NC1=O. The molecule has 9 nitrogen and oxygen atoms in total. The minimum atomic E-state index is -1.97. The number of piperazine rings is 1. The highest BCUT2D eigenvalue weighted by atomic mass is 16.5. The summed E-state index contributed by atoms with van der Waals surface area (Å²) in [6, 6.07) is 5.94. The molecule has 9 heteroatoms. The minimum absolute atomic E-state index is 0.0216. The number of ether oxygens (including phenoxy) is 1. The maximum absolute atomic E-state index is 13.8. The number of amides is 4. The monoisotopic (exact) mass is 472 g/mol. The number of methoxy groups -OCH3 is 1. The number of benzene rings is 1. The first-order chi connectivity index (χ1) is 16.2. The van der Waals surface area contributed by atoms with E-state index in [4.69, 9.17) is 4.74 Å². The van der Waals surface area contributed by atoms with Crippen molar-refractivity contribution in [2.75, 3.05) is 7.11 Å². The lowest BCUT2D eigenvalue weighted by molar-refractivity contribution is -0.150. The first-order valence-corrected chi connectivity index (χ1v) is 12.1. The molecule has 186 valence electrons. The summed E-state index contributed by atoms with van der Waals surface area (Å²) >= 11 is 0. The smallest absolute Gasteiger partial charge is 0.268 e. The summed E-state index contributed by atoms with van der Waals surface area (Å²) < 4.78 is 5.24. The molecule has 2 fully saturated rings. The Hall–Kier alpha value is -3.10. The topological polar surface area (TPSA) is 126 Å². The highest BCUT2D eigenvalue weighted by Gasteiger charge is 2.56. The number of nitrogens with one attached hydrogen (secondary N) is 4. The van der Waals surface area contributed by atoms with Crippen molar-refractivity contribution in [2.24, 2.45) is 5.92 Å². The fourth-order valence-electron chi connectivity index (χ4n) is 4.72. The van der Waals surface area contributed by atoms with Crippen LogP contribution in [0.1, 0.15) is 70.8 Å². The second-order valence-electron chi connectivity index (χ2n) is 9.44. The molecule has 0 radical (unpaired) electrons. The fourth-order valence-corrected chi connectivity index (χ4v) is 4.72. The molecule has 3 atom stereocenters. The Kier molecular flexibility index (Phi) is 8.17. The molecule has 34 heavy (non-hydrogen) atoms. The van der Waals surface area contributed by atoms with Crippen molar-refractivity contribution in [2.45, 2.75) is 83.0 Å². The molecule has 3 rings (SSSR count). The third-order valence-corrected chi connectivity index (χ3v) is 6.67. The Morgan fingerprint density at radius 2 is 1.76 bits per heavy atom. The Morgan fingerprint density at radius 1 is 1.12 bits per heavy atom. The van der Waals surface area contributed by atoms with Gasteiger partial charge >= 0.3 is 0 Å². The quantitative estimate of drug-likeness (QED) is 0.458. The van der Waals surface area contributed by atoms with Gasteiger partial charge in [-0.3, -0.25) is 19.2 Å². The van der Waals surface area contributed by atoms with E-state index in [1.807, 2.05) is 13.8 Å². The molecule has 1 unspecified atom stereocenters. The van der Waals surface area contributed by atoms with Crippen LogP contribution in [0.3, 0.4) is 0 Å². The lowest BCUT2D eigenvalue weighted by atomic mass is 9.80. The highest BCUT2D eigenvalue weighted by Crippen LogP contribution is 2.32. The number of hydrogen-bond donors (Lipinski definition) is 4. The van der Waals surface area contributed by atoms with Crippen LogP contribution in [0.25, 0.3) is 0 Å². The van der Waals surface area contributed by atoms with Crippen molar-refractivity contribution in [3.8, 4) is 5.75 Å². The fraction of sp³-hybridized carbons (Fsp3) is 0.600. The van der Waals surface area contributed by atoms with Crippen molar-refractivity contribution in [1.29, 1.82) is 0 Å². The molecule has 0 bridgehead atoms. The summed E-state index contributed by atoms with van der Waals surface area (Å²) in [7, 11) is 1.53. The van der Waals surface area contributed by atoms with Gasteiger partial charge in [-0.2, -0.15) is 0 Å². The third kappa shape index (κ3) is 5.34. The van der Waals surface area contributed by atoms with Crippen LogP contribution in [-0.2, 0) is 19.2 Å². The van der Waals surface area contributed by atoms with Crippen molar-refractivity contribution < 1.29 is 23.9 Å². The van der Waals surface area contributed by atoms with Crippen LogP contribution >= 0.6 is 0 Å². The lowest BCUT2D eigenvalue weighted by Gasteiger charge is -2.45. The Balaban J connectivity index is 2.08. The van der Waals surface area contributed by atoms with Crippen molar-refractivity contribution in [3.63, 3.8) is 0 Å². The molecular weight excluding hydrogens is 436 g/mol. The average Bonchev–Trinajstić information content (AvgIpc) is 2.82. The summed E-state index contributed by atoms with van der Waals surface area (Å²) in [5.41, 5.74) is -1.49. The number of rotatable bonds is 8. The summed E-state index contributed by atoms with van der Waals surface area (Å²) in [5, 5.41) is 11.3. The Bertz CT molecular complexity index is 910. The zero-order valence-corrected chi connectivity index (χ0v) is 20.4. The van der Waals surface area contributed by atoms with Gasteiger partial charge < -0.3 is 26.0 Å². The van der Waals surface area contributed by atoms with E-state index in [1.165, 1.54) is 7.11 Å². The van der Waals surface area contributed by atoms with E-state index in [0.717, 1.165) is 32.1 Å². The summed E-state index contributed by atoms with van der Waals surface area (Å²) in [6.07, 6.45) is 4.94. The van der Waals surface area contributed by atoms with Crippen LogP contribution in [-0.4, -0.2) is 48.5 Å². The summed E-state index contributed by atoms with van der Waals surface area (Å²) in [4.78, 5) is 53.1. The molecule has 2 aliphatic rings. The van der Waals surface area contributed by atoms with Gasteiger partial charge in [-0.15, -0.1) is 0 Å². The van der Waals surface area contributed by atoms with E-state index in [2.05, 4.69) is 21.3 Å². The highest BCUT2D eigenvalue weighted by molar-refractivity contribution is 6.06. The van der Waals surface area contributed by atoms with Gasteiger partial charge in [-0.1, -0.05) is 52.2 Å². The van der Waals surface area contributed by atoms with E-state index in [9.17, 15) is 19.2 Å². The van der Waals surface area contributed by atoms with E-state index in [0.29, 0.717) is 11.3 Å². The molecule has 1 aliphatic heterocycles. The summed E-state index contributed by atoms with van der Waals surface area (Å²) in [5.74, 6) is -2.72. The van der Waals surface area contributed by atoms with Crippen LogP contribution in [0.4, 0.5) is 0 Å². The second-order valence-corrected chi connectivity index (χ2v) is 9.44. The number of carbonyl (C=O) groups is 4. The van der Waals surface area contributed by atoms with Crippen molar-refractivity contribution >= 4 is 23.6 Å². The maximum atomic E-state index is 13.8. The van der Waals surface area contributed by atoms with Gasteiger partial charge in [0.2, 0.25) is 23.4 Å². The molecule has 1 saturated carbocycles. The van der Waals surface area contributed by atoms with Crippen LogP contribution in [0.5, 0.6) is 5.75 Å². The second kappa shape index (κ2) is 10.9. The molecule has 4 amide bonds. The van der Waals surface area contributed by atoms with Crippen molar-refractivity contribution in [3.05, 3.63) is 29.8 Å². The van der Waals surface area contributed by atoms with Gasteiger partial charge in [0.15, 0.2) is 0 Å². The molecule has 4 N–H and O–H groups in total. The number of carbonyl (C=O) groups excluding carboxylic acids is 4. The standard InChI is InChI=1S/C25H36N4O5/c1-5-19(30)28-25(24(33)27-21(15(2)3)23(32)29-25)20(16-11-13-18(34-4)14-12-16)22(31)26-17-9-7-6-8-10-17/h11-15,17,20-21H,5-10H2,1-4H3,(H,26,31)(H,27,33)(H,28,30)(H,29,32)/t20?,21-,25-/m0/s1. The molecule has 1 saturated heterocycles. The van der Waals surface area contributed by atoms with Crippen LogP contribution in [0.2, 0.25) is 0 Å². The lowest BCUT2D eigenvalue weighted by Crippen LogP contribution is -2.79. The van der Waals surface area contributed by atoms with E-state index >= 15 is 0 Å². The predicted molar refractivity (Wildman–Crippen MR) is 127 cm³/mol. The largest absolute Gasteiger partial charge is 0.497 e. The maximum Gasteiger partial charge on any atom is 0.268 e. The minimum Gasteiger partial charge on any atom is -0.497 e. The predicted octanol–water partition coefficient (Wildman–Crippen LogP) is 1.72. The molecule has 1 heterocycles. The van der Waals surface area contributed by atoms with E-state index in [1.54, 1.807) is 31.2 Å². The normalized spacial score (nSPS) is 24.1. The van der Waals surface area contributed by atoms with Crippen LogP contribution < -0.4 is 26.0 Å². The van der Waals surface area contributed by atoms with E-state index < -0.39 is 41.3 Å². The third-order valence-electron chi connectivity index (χ3n) is 6.67. The first-order valence-electron chi connectivity index (χ1n) is 12.1. The number of hydrogen-bond acceptors (Lipinski definition) is 5. The first kappa shape index (κ1) is 25.5. The zero-order chi connectivity index (χ0) is 24.9. The van der Waals surface area contributed by atoms with Gasteiger partial charge in [0.05, 0.1) is 7.11 Å².